The van der Waals surface area contributed by atoms with Gasteiger partial charge in [0, 0.05) is 6.42 Å². The molecule has 0 amide bonds. The summed E-state index contributed by atoms with van der Waals surface area (Å²) in [6.45, 7) is 3.77. The molecule has 0 aliphatic rings. The number of carbonyl (C=O) groups excluding carboxylic acids is 2. The van der Waals surface area contributed by atoms with E-state index in [0.29, 0.717) is 18.6 Å². The average Bonchev–Trinajstić information content (AvgIpc) is 2.30. The normalized spacial score (nSPS) is 10.0. The third kappa shape index (κ3) is 4.81. The molecule has 1 aromatic carbocycles. The zero-order valence-electron chi connectivity index (χ0n) is 10.4. The summed E-state index contributed by atoms with van der Waals surface area (Å²) in [4.78, 5) is 22.2. The zero-order chi connectivity index (χ0) is 12.7. The fourth-order valence-electron chi connectivity index (χ4n) is 1.56. The van der Waals surface area contributed by atoms with Crippen LogP contribution in [-0.4, -0.2) is 18.4 Å². The van der Waals surface area contributed by atoms with Gasteiger partial charge in [0.15, 0.2) is 0 Å². The monoisotopic (exact) mass is 234 g/mol. The van der Waals surface area contributed by atoms with Crippen molar-refractivity contribution < 1.29 is 14.3 Å². The van der Waals surface area contributed by atoms with Crippen molar-refractivity contribution in [3.8, 4) is 0 Å². The zero-order valence-corrected chi connectivity index (χ0v) is 10.4. The van der Waals surface area contributed by atoms with Crippen LogP contribution in [0.2, 0.25) is 0 Å². The highest BCUT2D eigenvalue weighted by Gasteiger charge is 2.05. The lowest BCUT2D eigenvalue weighted by atomic mass is 10.1. The van der Waals surface area contributed by atoms with Crippen LogP contribution in [0.15, 0.2) is 24.3 Å². The number of benzene rings is 1. The van der Waals surface area contributed by atoms with Crippen molar-refractivity contribution in [1.82, 2.24) is 0 Å². The first-order chi connectivity index (χ1) is 8.13. The molecular formula is C14H18O3. The fourth-order valence-corrected chi connectivity index (χ4v) is 1.56. The van der Waals surface area contributed by atoms with E-state index in [0.717, 1.165) is 18.4 Å². The molecule has 0 atom stereocenters. The van der Waals surface area contributed by atoms with Crippen LogP contribution in [-0.2, 0) is 16.0 Å². The lowest BCUT2D eigenvalue weighted by Crippen LogP contribution is -2.04. The van der Waals surface area contributed by atoms with Gasteiger partial charge in [0.1, 0.15) is 5.78 Å². The summed E-state index contributed by atoms with van der Waals surface area (Å²) in [7, 11) is 0. The number of aryl methyl sites for hydroxylation is 1. The Morgan fingerprint density at radius 3 is 2.35 bits per heavy atom. The van der Waals surface area contributed by atoms with Gasteiger partial charge in [0.2, 0.25) is 0 Å². The Kier molecular flexibility index (Phi) is 5.40. The molecule has 0 spiro atoms. The van der Waals surface area contributed by atoms with Gasteiger partial charge in [-0.2, -0.15) is 0 Å². The van der Waals surface area contributed by atoms with Gasteiger partial charge >= 0.3 is 5.97 Å². The summed E-state index contributed by atoms with van der Waals surface area (Å²) in [5.74, 6) is -0.0732. The van der Waals surface area contributed by atoms with Crippen molar-refractivity contribution >= 4 is 11.8 Å². The molecule has 1 aromatic rings. The number of hydrogen-bond acceptors (Lipinski definition) is 3. The van der Waals surface area contributed by atoms with Crippen LogP contribution in [0.1, 0.15) is 42.6 Å². The highest BCUT2D eigenvalue weighted by molar-refractivity contribution is 5.89. The van der Waals surface area contributed by atoms with Gasteiger partial charge in [-0.3, -0.25) is 0 Å². The van der Waals surface area contributed by atoms with Crippen molar-refractivity contribution in [2.45, 2.75) is 33.1 Å². The minimum absolute atomic E-state index is 0.216. The first kappa shape index (κ1) is 13.4. The number of ketones is 1. The lowest BCUT2D eigenvalue weighted by molar-refractivity contribution is -0.117. The fraction of sp³-hybridized carbons (Fsp3) is 0.429. The molecule has 3 nitrogen and oxygen atoms in total. The number of Topliss-reactive ketones (excluding diaryl/α,β-unsaturated/α-hetero) is 1. The van der Waals surface area contributed by atoms with Crippen LogP contribution < -0.4 is 0 Å². The molecule has 0 aliphatic heterocycles. The van der Waals surface area contributed by atoms with Crippen molar-refractivity contribution in [1.29, 1.82) is 0 Å². The van der Waals surface area contributed by atoms with Gasteiger partial charge < -0.3 is 9.53 Å². The summed E-state index contributed by atoms with van der Waals surface area (Å²) >= 11 is 0. The van der Waals surface area contributed by atoms with E-state index in [4.69, 9.17) is 4.74 Å². The Morgan fingerprint density at radius 1 is 1.18 bits per heavy atom. The number of hydrogen-bond donors (Lipinski definition) is 0. The van der Waals surface area contributed by atoms with E-state index >= 15 is 0 Å². The number of rotatable bonds is 6. The topological polar surface area (TPSA) is 43.4 Å². The van der Waals surface area contributed by atoms with Gasteiger partial charge in [-0.05, 0) is 44.4 Å². The minimum atomic E-state index is -0.289. The second-order valence-electron chi connectivity index (χ2n) is 3.97. The van der Waals surface area contributed by atoms with Gasteiger partial charge in [-0.1, -0.05) is 12.1 Å². The highest BCUT2D eigenvalue weighted by atomic mass is 16.5. The van der Waals surface area contributed by atoms with Gasteiger partial charge in [0.25, 0.3) is 0 Å². The molecule has 0 N–H and O–H groups in total. The number of ether oxygens (including phenoxy) is 1. The quantitative estimate of drug-likeness (QED) is 0.711. The molecule has 1 rings (SSSR count). The number of esters is 1. The van der Waals surface area contributed by atoms with Crippen LogP contribution >= 0.6 is 0 Å². The summed E-state index contributed by atoms with van der Waals surface area (Å²) < 4.78 is 4.90. The first-order valence-electron chi connectivity index (χ1n) is 5.89. The van der Waals surface area contributed by atoms with Crippen LogP contribution in [0, 0.1) is 0 Å². The van der Waals surface area contributed by atoms with Crippen molar-refractivity contribution in [2.24, 2.45) is 0 Å². The summed E-state index contributed by atoms with van der Waals surface area (Å²) in [5.41, 5.74) is 1.71. The van der Waals surface area contributed by atoms with E-state index in [9.17, 15) is 9.59 Å². The maximum absolute atomic E-state index is 11.4. The van der Waals surface area contributed by atoms with Crippen LogP contribution in [0.4, 0.5) is 0 Å². The molecular weight excluding hydrogens is 216 g/mol. The molecule has 0 saturated heterocycles. The molecule has 0 fully saturated rings. The van der Waals surface area contributed by atoms with E-state index < -0.39 is 0 Å². The standard InChI is InChI=1S/C14H18O3/c1-3-17-14(16)13-9-7-12(8-10-13)6-4-5-11(2)15/h7-10H,3-6H2,1-2H3. The molecule has 0 aliphatic carbocycles. The van der Waals surface area contributed by atoms with E-state index in [1.807, 2.05) is 12.1 Å². The molecule has 0 unspecified atom stereocenters. The molecule has 17 heavy (non-hydrogen) atoms. The molecule has 0 aromatic heterocycles. The van der Waals surface area contributed by atoms with Crippen LogP contribution in [0.5, 0.6) is 0 Å². The number of carbonyl (C=O) groups is 2. The van der Waals surface area contributed by atoms with Crippen molar-refractivity contribution in [2.75, 3.05) is 6.61 Å². The summed E-state index contributed by atoms with van der Waals surface area (Å²) in [6.07, 6.45) is 2.33. The summed E-state index contributed by atoms with van der Waals surface area (Å²) in [6, 6.07) is 7.35. The Balaban J connectivity index is 2.50. The average molecular weight is 234 g/mol. The maximum Gasteiger partial charge on any atom is 0.338 e. The first-order valence-corrected chi connectivity index (χ1v) is 5.89. The third-order valence-corrected chi connectivity index (χ3v) is 2.46. The molecule has 92 valence electrons. The largest absolute Gasteiger partial charge is 0.462 e. The van der Waals surface area contributed by atoms with E-state index in [-0.39, 0.29) is 11.8 Å². The van der Waals surface area contributed by atoms with Gasteiger partial charge in [-0.15, -0.1) is 0 Å². The molecule has 0 bridgehead atoms. The molecule has 0 saturated carbocycles. The molecule has 0 heterocycles. The Hall–Kier alpha value is -1.64. The maximum atomic E-state index is 11.4. The van der Waals surface area contributed by atoms with Crippen LogP contribution in [0.3, 0.4) is 0 Å². The van der Waals surface area contributed by atoms with E-state index in [2.05, 4.69) is 0 Å². The Labute approximate surface area is 102 Å². The van der Waals surface area contributed by atoms with Crippen molar-refractivity contribution in [3.05, 3.63) is 35.4 Å². The minimum Gasteiger partial charge on any atom is -0.462 e. The van der Waals surface area contributed by atoms with E-state index in [1.165, 1.54) is 0 Å². The predicted octanol–water partition coefficient (Wildman–Crippen LogP) is 2.78. The second-order valence-corrected chi connectivity index (χ2v) is 3.97. The second kappa shape index (κ2) is 6.84. The van der Waals surface area contributed by atoms with Crippen molar-refractivity contribution in [3.63, 3.8) is 0 Å². The van der Waals surface area contributed by atoms with Gasteiger partial charge in [0.05, 0.1) is 12.2 Å². The van der Waals surface area contributed by atoms with Gasteiger partial charge in [-0.25, -0.2) is 4.79 Å². The highest BCUT2D eigenvalue weighted by Crippen LogP contribution is 2.09. The SMILES string of the molecule is CCOC(=O)c1ccc(CCCC(C)=O)cc1. The smallest absolute Gasteiger partial charge is 0.338 e. The molecule has 0 radical (unpaired) electrons. The molecule has 3 heteroatoms. The Bertz CT molecular complexity index is 379. The van der Waals surface area contributed by atoms with E-state index in [1.54, 1.807) is 26.0 Å². The third-order valence-electron chi connectivity index (χ3n) is 2.46. The Morgan fingerprint density at radius 2 is 1.82 bits per heavy atom. The lowest BCUT2D eigenvalue weighted by Gasteiger charge is -2.03. The van der Waals surface area contributed by atoms with Crippen LogP contribution in [0.25, 0.3) is 0 Å². The summed E-state index contributed by atoms with van der Waals surface area (Å²) in [5, 5.41) is 0. The predicted molar refractivity (Wildman–Crippen MR) is 66.0 cm³/mol.